The molecule has 1 aliphatic rings. The predicted molar refractivity (Wildman–Crippen MR) is 98.0 cm³/mol. The molecule has 128 valence electrons. The SMILES string of the molecule is CCc1cc2cc(C(=O)C3CCC(OC)CC3)c(C)cc2nc1Cl. The van der Waals surface area contributed by atoms with Crippen LogP contribution in [0.4, 0.5) is 0 Å². The van der Waals surface area contributed by atoms with Gasteiger partial charge in [0.15, 0.2) is 5.78 Å². The number of hydrogen-bond donors (Lipinski definition) is 0. The van der Waals surface area contributed by atoms with Crippen molar-refractivity contribution in [3.63, 3.8) is 0 Å². The molecule has 0 saturated heterocycles. The first-order valence-electron chi connectivity index (χ1n) is 8.70. The molecule has 1 aromatic heterocycles. The highest BCUT2D eigenvalue weighted by molar-refractivity contribution is 6.30. The van der Waals surface area contributed by atoms with Gasteiger partial charge in [0.25, 0.3) is 0 Å². The van der Waals surface area contributed by atoms with Crippen molar-refractivity contribution in [2.45, 2.75) is 52.1 Å². The van der Waals surface area contributed by atoms with Crippen LogP contribution < -0.4 is 0 Å². The number of methoxy groups -OCH3 is 1. The highest BCUT2D eigenvalue weighted by Crippen LogP contribution is 2.31. The maximum absolute atomic E-state index is 13.0. The van der Waals surface area contributed by atoms with Gasteiger partial charge in [0.2, 0.25) is 0 Å². The summed E-state index contributed by atoms with van der Waals surface area (Å²) in [6.07, 6.45) is 4.90. The van der Waals surface area contributed by atoms with E-state index in [1.807, 2.05) is 19.1 Å². The highest BCUT2D eigenvalue weighted by atomic mass is 35.5. The lowest BCUT2D eigenvalue weighted by Crippen LogP contribution is -2.26. The van der Waals surface area contributed by atoms with E-state index in [-0.39, 0.29) is 11.7 Å². The van der Waals surface area contributed by atoms with Gasteiger partial charge in [-0.05, 0) is 68.4 Å². The predicted octanol–water partition coefficient (Wildman–Crippen LogP) is 5.15. The third-order valence-electron chi connectivity index (χ3n) is 5.21. The monoisotopic (exact) mass is 345 g/mol. The first-order valence-corrected chi connectivity index (χ1v) is 9.08. The van der Waals surface area contributed by atoms with Gasteiger partial charge in [-0.25, -0.2) is 4.98 Å². The standard InChI is InChI=1S/C20H24ClNO2/c1-4-13-10-15-11-17(12(2)9-18(15)22-20(13)21)19(23)14-5-7-16(24-3)8-6-14/h9-11,14,16H,4-8H2,1-3H3. The van der Waals surface area contributed by atoms with Gasteiger partial charge in [0.05, 0.1) is 11.6 Å². The second-order valence-electron chi connectivity index (χ2n) is 6.73. The minimum absolute atomic E-state index is 0.110. The quantitative estimate of drug-likeness (QED) is 0.568. The van der Waals surface area contributed by atoms with Crippen molar-refractivity contribution in [2.24, 2.45) is 5.92 Å². The first-order chi connectivity index (χ1) is 11.5. The number of ketones is 1. The molecule has 0 unspecified atom stereocenters. The number of benzene rings is 1. The van der Waals surface area contributed by atoms with Crippen molar-refractivity contribution in [1.82, 2.24) is 4.98 Å². The number of nitrogens with zero attached hydrogens (tertiary/aromatic N) is 1. The molecule has 0 bridgehead atoms. The van der Waals surface area contributed by atoms with Crippen LogP contribution >= 0.6 is 11.6 Å². The normalized spacial score (nSPS) is 21.2. The molecule has 3 nitrogen and oxygen atoms in total. The zero-order chi connectivity index (χ0) is 17.3. The summed E-state index contributed by atoms with van der Waals surface area (Å²) >= 11 is 6.22. The van der Waals surface area contributed by atoms with Crippen LogP contribution in [0.25, 0.3) is 10.9 Å². The van der Waals surface area contributed by atoms with E-state index in [4.69, 9.17) is 16.3 Å². The summed E-state index contributed by atoms with van der Waals surface area (Å²) in [4.78, 5) is 17.5. The minimum atomic E-state index is 0.110. The molecule has 0 radical (unpaired) electrons. The second-order valence-corrected chi connectivity index (χ2v) is 7.08. The average molecular weight is 346 g/mol. The maximum atomic E-state index is 13.0. The van der Waals surface area contributed by atoms with Crippen molar-refractivity contribution in [3.05, 3.63) is 40.0 Å². The number of carbonyl (C=O) groups excluding carboxylic acids is 1. The van der Waals surface area contributed by atoms with Gasteiger partial charge in [0, 0.05) is 24.0 Å². The highest BCUT2D eigenvalue weighted by Gasteiger charge is 2.28. The Hall–Kier alpha value is -1.45. The molecule has 0 N–H and O–H groups in total. The third-order valence-corrected chi connectivity index (χ3v) is 5.54. The summed E-state index contributed by atoms with van der Waals surface area (Å²) < 4.78 is 5.41. The Kier molecular flexibility index (Phi) is 5.21. The second kappa shape index (κ2) is 7.20. The smallest absolute Gasteiger partial charge is 0.166 e. The molecule has 0 atom stereocenters. The first kappa shape index (κ1) is 17.4. The summed E-state index contributed by atoms with van der Waals surface area (Å²) in [7, 11) is 1.75. The summed E-state index contributed by atoms with van der Waals surface area (Å²) in [6.45, 7) is 4.04. The van der Waals surface area contributed by atoms with Crippen LogP contribution in [0.1, 0.15) is 54.1 Å². The number of carbonyl (C=O) groups is 1. The Bertz CT molecular complexity index is 764. The molecule has 1 saturated carbocycles. The van der Waals surface area contributed by atoms with E-state index in [2.05, 4.69) is 18.0 Å². The average Bonchev–Trinajstić information content (AvgIpc) is 2.60. The van der Waals surface area contributed by atoms with Crippen molar-refractivity contribution in [2.75, 3.05) is 7.11 Å². The number of aryl methyl sites for hydroxylation is 2. The minimum Gasteiger partial charge on any atom is -0.381 e. The Morgan fingerprint density at radius 2 is 1.96 bits per heavy atom. The third kappa shape index (κ3) is 3.33. The molecular formula is C20H24ClNO2. The molecule has 0 spiro atoms. The zero-order valence-electron chi connectivity index (χ0n) is 14.6. The Balaban J connectivity index is 1.92. The molecule has 3 rings (SSSR count). The van der Waals surface area contributed by atoms with E-state index in [1.54, 1.807) is 7.11 Å². The number of ether oxygens (including phenoxy) is 1. The van der Waals surface area contributed by atoms with Crippen molar-refractivity contribution in [3.8, 4) is 0 Å². The van der Waals surface area contributed by atoms with E-state index >= 15 is 0 Å². The molecule has 2 aromatic rings. The molecule has 1 fully saturated rings. The Morgan fingerprint density at radius 1 is 1.25 bits per heavy atom. The van der Waals surface area contributed by atoms with Crippen LogP contribution in [0.2, 0.25) is 5.15 Å². The summed E-state index contributed by atoms with van der Waals surface area (Å²) in [5, 5.41) is 1.55. The lowest BCUT2D eigenvalue weighted by atomic mass is 9.81. The number of rotatable bonds is 4. The van der Waals surface area contributed by atoms with Crippen molar-refractivity contribution in [1.29, 1.82) is 0 Å². The van der Waals surface area contributed by atoms with Gasteiger partial charge < -0.3 is 4.74 Å². The molecule has 1 aromatic carbocycles. The molecule has 4 heteroatoms. The number of pyridine rings is 1. The largest absolute Gasteiger partial charge is 0.381 e. The van der Waals surface area contributed by atoms with E-state index in [9.17, 15) is 4.79 Å². The number of Topliss-reactive ketones (excluding diaryl/α,β-unsaturated/α-hetero) is 1. The van der Waals surface area contributed by atoms with Gasteiger partial charge in [-0.3, -0.25) is 4.79 Å². The molecule has 24 heavy (non-hydrogen) atoms. The van der Waals surface area contributed by atoms with E-state index in [0.717, 1.165) is 59.7 Å². The number of halogens is 1. The van der Waals surface area contributed by atoms with Gasteiger partial charge in [-0.1, -0.05) is 18.5 Å². The Morgan fingerprint density at radius 3 is 2.58 bits per heavy atom. The fourth-order valence-electron chi connectivity index (χ4n) is 3.64. The number of hydrogen-bond acceptors (Lipinski definition) is 3. The topological polar surface area (TPSA) is 39.2 Å². The van der Waals surface area contributed by atoms with E-state index in [0.29, 0.717) is 11.3 Å². The van der Waals surface area contributed by atoms with Crippen LogP contribution in [-0.2, 0) is 11.2 Å². The van der Waals surface area contributed by atoms with Crippen LogP contribution in [-0.4, -0.2) is 24.0 Å². The lowest BCUT2D eigenvalue weighted by Gasteiger charge is -2.27. The van der Waals surface area contributed by atoms with Gasteiger partial charge >= 0.3 is 0 Å². The fourth-order valence-corrected chi connectivity index (χ4v) is 3.92. The summed E-state index contributed by atoms with van der Waals surface area (Å²) in [6, 6.07) is 6.04. The molecule has 1 heterocycles. The van der Waals surface area contributed by atoms with Crippen LogP contribution in [0.15, 0.2) is 18.2 Å². The molecular weight excluding hydrogens is 322 g/mol. The van der Waals surface area contributed by atoms with Crippen molar-refractivity contribution >= 4 is 28.3 Å². The van der Waals surface area contributed by atoms with Gasteiger partial charge in [-0.2, -0.15) is 0 Å². The molecule has 0 amide bonds. The van der Waals surface area contributed by atoms with Gasteiger partial charge in [-0.15, -0.1) is 0 Å². The summed E-state index contributed by atoms with van der Waals surface area (Å²) in [5.74, 6) is 0.371. The molecule has 1 aliphatic carbocycles. The van der Waals surface area contributed by atoms with Crippen LogP contribution in [0, 0.1) is 12.8 Å². The van der Waals surface area contributed by atoms with Crippen molar-refractivity contribution < 1.29 is 9.53 Å². The fraction of sp³-hybridized carbons (Fsp3) is 0.500. The van der Waals surface area contributed by atoms with Crippen LogP contribution in [0.3, 0.4) is 0 Å². The lowest BCUT2D eigenvalue weighted by molar-refractivity contribution is 0.0519. The number of fused-ring (bicyclic) bond motifs is 1. The summed E-state index contributed by atoms with van der Waals surface area (Å²) in [5.41, 5.74) is 3.69. The molecule has 0 aliphatic heterocycles. The Labute approximate surface area is 148 Å². The number of aromatic nitrogens is 1. The van der Waals surface area contributed by atoms with E-state index in [1.165, 1.54) is 0 Å². The van der Waals surface area contributed by atoms with Crippen LogP contribution in [0.5, 0.6) is 0 Å². The van der Waals surface area contributed by atoms with E-state index < -0.39 is 0 Å². The zero-order valence-corrected chi connectivity index (χ0v) is 15.3. The maximum Gasteiger partial charge on any atom is 0.166 e. The van der Waals surface area contributed by atoms with Gasteiger partial charge in [0.1, 0.15) is 5.15 Å².